The maximum Gasteiger partial charge on any atom is 0.274 e. The maximum absolute atomic E-state index is 12.4. The van der Waals surface area contributed by atoms with Crippen LogP contribution in [0.5, 0.6) is 0 Å². The summed E-state index contributed by atoms with van der Waals surface area (Å²) in [6.07, 6.45) is 0. The summed E-state index contributed by atoms with van der Waals surface area (Å²) >= 11 is 12.1. The maximum atomic E-state index is 12.4. The number of nitrogens with zero attached hydrogens (tertiary/aromatic N) is 2. The van der Waals surface area contributed by atoms with E-state index in [1.54, 1.807) is 24.3 Å². The van der Waals surface area contributed by atoms with Crippen molar-refractivity contribution in [2.45, 2.75) is 20.8 Å². The molecule has 5 nitrogen and oxygen atoms in total. The van der Waals surface area contributed by atoms with Crippen LogP contribution in [0, 0.1) is 12.8 Å². The summed E-state index contributed by atoms with van der Waals surface area (Å²) in [6, 6.07) is 6.64. The van der Waals surface area contributed by atoms with Crippen LogP contribution in [0.15, 0.2) is 24.3 Å². The van der Waals surface area contributed by atoms with E-state index in [0.717, 1.165) is 6.54 Å². The number of amides is 1. The van der Waals surface area contributed by atoms with Crippen LogP contribution in [0.4, 0.5) is 11.6 Å². The highest BCUT2D eigenvalue weighted by atomic mass is 35.5. The van der Waals surface area contributed by atoms with Crippen molar-refractivity contribution in [2.24, 2.45) is 5.92 Å². The number of hydrogen-bond acceptors (Lipinski definition) is 4. The first-order valence-electron chi connectivity index (χ1n) is 7.21. The molecule has 0 radical (unpaired) electrons. The zero-order valence-electron chi connectivity index (χ0n) is 13.2. The van der Waals surface area contributed by atoms with Gasteiger partial charge >= 0.3 is 0 Å². The van der Waals surface area contributed by atoms with Gasteiger partial charge in [0.2, 0.25) is 5.95 Å². The van der Waals surface area contributed by atoms with Gasteiger partial charge in [0.25, 0.3) is 5.91 Å². The van der Waals surface area contributed by atoms with E-state index in [9.17, 15) is 4.79 Å². The third-order valence-corrected chi connectivity index (χ3v) is 3.59. The van der Waals surface area contributed by atoms with E-state index >= 15 is 0 Å². The second-order valence-electron chi connectivity index (χ2n) is 5.54. The molecule has 0 spiro atoms. The van der Waals surface area contributed by atoms with E-state index in [2.05, 4.69) is 34.4 Å². The van der Waals surface area contributed by atoms with E-state index in [1.165, 1.54) is 0 Å². The van der Waals surface area contributed by atoms with Gasteiger partial charge in [-0.2, -0.15) is 0 Å². The number of benzene rings is 1. The first kappa shape index (κ1) is 17.5. The average Bonchev–Trinajstić information content (AvgIpc) is 2.48. The summed E-state index contributed by atoms with van der Waals surface area (Å²) in [5.74, 6) is 0.477. The van der Waals surface area contributed by atoms with Crippen molar-refractivity contribution in [3.8, 4) is 0 Å². The van der Waals surface area contributed by atoms with Crippen molar-refractivity contribution in [2.75, 3.05) is 17.2 Å². The molecule has 0 bridgehead atoms. The van der Waals surface area contributed by atoms with E-state index in [1.807, 2.05) is 6.92 Å². The van der Waals surface area contributed by atoms with Gasteiger partial charge in [0.15, 0.2) is 0 Å². The summed E-state index contributed by atoms with van der Waals surface area (Å²) in [5, 5.41) is 6.55. The summed E-state index contributed by atoms with van der Waals surface area (Å²) in [4.78, 5) is 20.9. The minimum atomic E-state index is -0.391. The van der Waals surface area contributed by atoms with Gasteiger partial charge in [-0.05, 0) is 31.0 Å². The number of hydrogen-bond donors (Lipinski definition) is 2. The summed E-state index contributed by atoms with van der Waals surface area (Å²) < 4.78 is 0. The van der Waals surface area contributed by atoms with Crippen molar-refractivity contribution in [1.29, 1.82) is 0 Å². The number of rotatable bonds is 5. The molecule has 0 unspecified atom stereocenters. The lowest BCUT2D eigenvalue weighted by atomic mass is 10.2. The van der Waals surface area contributed by atoms with Crippen molar-refractivity contribution >= 4 is 40.7 Å². The first-order chi connectivity index (χ1) is 10.9. The molecule has 23 heavy (non-hydrogen) atoms. The molecule has 0 aliphatic carbocycles. The minimum Gasteiger partial charge on any atom is -0.354 e. The van der Waals surface area contributed by atoms with E-state index in [4.69, 9.17) is 23.2 Å². The van der Waals surface area contributed by atoms with Gasteiger partial charge in [0.05, 0.1) is 15.7 Å². The Morgan fingerprint density at radius 2 is 1.87 bits per heavy atom. The zero-order valence-corrected chi connectivity index (χ0v) is 14.7. The lowest BCUT2D eigenvalue weighted by Gasteiger charge is -2.11. The number of aromatic nitrogens is 2. The number of anilines is 2. The molecule has 0 fully saturated rings. The Hall–Kier alpha value is -1.85. The van der Waals surface area contributed by atoms with Crippen LogP contribution in [-0.4, -0.2) is 22.4 Å². The number of nitrogens with one attached hydrogen (secondary N) is 2. The standard InChI is InChI=1S/C16H18Cl2N4O/c1-9(2)8-19-16-20-10(3)7-13(21-16)15(23)22-14-11(17)5-4-6-12(14)18/h4-7,9H,8H2,1-3H3,(H,22,23)(H,19,20,21). The van der Waals surface area contributed by atoms with Gasteiger partial charge in [0.1, 0.15) is 5.69 Å². The fourth-order valence-electron chi connectivity index (χ4n) is 1.85. The van der Waals surface area contributed by atoms with Crippen molar-refractivity contribution in [3.63, 3.8) is 0 Å². The molecule has 7 heteroatoms. The number of aryl methyl sites for hydroxylation is 1. The number of para-hydroxylation sites is 1. The van der Waals surface area contributed by atoms with Gasteiger partial charge < -0.3 is 10.6 Å². The van der Waals surface area contributed by atoms with E-state index < -0.39 is 5.91 Å². The van der Waals surface area contributed by atoms with Gasteiger partial charge in [-0.3, -0.25) is 4.79 Å². The van der Waals surface area contributed by atoms with Crippen LogP contribution in [-0.2, 0) is 0 Å². The predicted octanol–water partition coefficient (Wildman–Crippen LogP) is 4.41. The predicted molar refractivity (Wildman–Crippen MR) is 94.5 cm³/mol. The Morgan fingerprint density at radius 1 is 1.22 bits per heavy atom. The van der Waals surface area contributed by atoms with Crippen LogP contribution in [0.2, 0.25) is 10.0 Å². The molecule has 2 aromatic rings. The van der Waals surface area contributed by atoms with Crippen LogP contribution >= 0.6 is 23.2 Å². The monoisotopic (exact) mass is 352 g/mol. The number of carbonyl (C=O) groups is 1. The lowest BCUT2D eigenvalue weighted by molar-refractivity contribution is 0.102. The molecule has 122 valence electrons. The molecule has 1 heterocycles. The summed E-state index contributed by atoms with van der Waals surface area (Å²) in [7, 11) is 0. The highest BCUT2D eigenvalue weighted by molar-refractivity contribution is 6.40. The highest BCUT2D eigenvalue weighted by Crippen LogP contribution is 2.30. The van der Waals surface area contributed by atoms with E-state index in [0.29, 0.717) is 33.3 Å². The molecule has 1 amide bonds. The Bertz CT molecular complexity index is 699. The zero-order chi connectivity index (χ0) is 17.0. The lowest BCUT2D eigenvalue weighted by Crippen LogP contribution is -2.17. The van der Waals surface area contributed by atoms with Crippen molar-refractivity contribution in [1.82, 2.24) is 9.97 Å². The third kappa shape index (κ3) is 4.81. The Kier molecular flexibility index (Phi) is 5.80. The van der Waals surface area contributed by atoms with Crippen LogP contribution in [0.3, 0.4) is 0 Å². The Morgan fingerprint density at radius 3 is 2.48 bits per heavy atom. The molecular weight excluding hydrogens is 335 g/mol. The molecule has 2 rings (SSSR count). The number of carbonyl (C=O) groups excluding carboxylic acids is 1. The Labute approximate surface area is 145 Å². The quantitative estimate of drug-likeness (QED) is 0.835. The molecular formula is C16H18Cl2N4O. The molecule has 0 atom stereocenters. The Balaban J connectivity index is 2.22. The fourth-order valence-corrected chi connectivity index (χ4v) is 2.35. The van der Waals surface area contributed by atoms with Gasteiger partial charge in [-0.1, -0.05) is 43.1 Å². The molecule has 0 aliphatic heterocycles. The summed E-state index contributed by atoms with van der Waals surface area (Å²) in [6.45, 7) is 6.69. The second-order valence-corrected chi connectivity index (χ2v) is 6.36. The van der Waals surface area contributed by atoms with Crippen molar-refractivity contribution in [3.05, 3.63) is 45.7 Å². The second kappa shape index (κ2) is 7.62. The smallest absolute Gasteiger partial charge is 0.274 e. The van der Waals surface area contributed by atoms with Crippen LogP contribution in [0.1, 0.15) is 30.0 Å². The van der Waals surface area contributed by atoms with Crippen LogP contribution in [0.25, 0.3) is 0 Å². The highest BCUT2D eigenvalue weighted by Gasteiger charge is 2.14. The van der Waals surface area contributed by atoms with Crippen molar-refractivity contribution < 1.29 is 4.79 Å². The molecule has 0 saturated heterocycles. The third-order valence-electron chi connectivity index (χ3n) is 2.96. The van der Waals surface area contributed by atoms with E-state index in [-0.39, 0.29) is 5.69 Å². The summed E-state index contributed by atoms with van der Waals surface area (Å²) in [5.41, 5.74) is 1.31. The molecule has 0 saturated carbocycles. The SMILES string of the molecule is Cc1cc(C(=O)Nc2c(Cl)cccc2Cl)nc(NCC(C)C)n1. The number of halogens is 2. The largest absolute Gasteiger partial charge is 0.354 e. The molecule has 1 aromatic heterocycles. The molecule has 1 aromatic carbocycles. The molecule has 2 N–H and O–H groups in total. The first-order valence-corrected chi connectivity index (χ1v) is 7.97. The van der Waals surface area contributed by atoms with Gasteiger partial charge in [-0.25, -0.2) is 9.97 Å². The van der Waals surface area contributed by atoms with Gasteiger partial charge in [-0.15, -0.1) is 0 Å². The van der Waals surface area contributed by atoms with Crippen LogP contribution < -0.4 is 10.6 Å². The minimum absolute atomic E-state index is 0.250. The molecule has 0 aliphatic rings. The topological polar surface area (TPSA) is 66.9 Å². The fraction of sp³-hybridized carbons (Fsp3) is 0.312. The average molecular weight is 353 g/mol. The van der Waals surface area contributed by atoms with Gasteiger partial charge in [0, 0.05) is 12.2 Å². The normalized spacial score (nSPS) is 10.7.